The molecule has 0 atom stereocenters. The molecule has 21 heavy (non-hydrogen) atoms. The van der Waals surface area contributed by atoms with E-state index in [2.05, 4.69) is 26.7 Å². The molecule has 0 radical (unpaired) electrons. The SMILES string of the molecule is CCC(=O)NN1CNCNC1(NC(=O)CC)NC(=O)CC. The molecule has 0 bridgehead atoms. The average Bonchev–Trinajstić information content (AvgIpc) is 2.49. The van der Waals surface area contributed by atoms with Gasteiger partial charge in [0, 0.05) is 19.3 Å². The van der Waals surface area contributed by atoms with Crippen molar-refractivity contribution in [3.8, 4) is 0 Å². The summed E-state index contributed by atoms with van der Waals surface area (Å²) >= 11 is 0. The number of hydrogen-bond acceptors (Lipinski definition) is 6. The van der Waals surface area contributed by atoms with Crippen LogP contribution in [0.1, 0.15) is 40.0 Å². The molecular formula is C12H24N6O3. The molecule has 1 rings (SSSR count). The molecule has 1 aliphatic rings. The first-order chi connectivity index (χ1) is 9.97. The summed E-state index contributed by atoms with van der Waals surface area (Å²) in [4.78, 5) is 35.2. The van der Waals surface area contributed by atoms with Gasteiger partial charge in [0.15, 0.2) is 0 Å². The standard InChI is InChI=1S/C12H24N6O3/c1-4-9(19)15-12(16-10(20)5-2)14-7-13-8-18(12)17-11(21)6-3/h13-14H,4-8H2,1-3H3,(H,15,19)(H,16,20)(H,17,21). The Morgan fingerprint density at radius 3 is 2.00 bits per heavy atom. The molecule has 0 unspecified atom stereocenters. The monoisotopic (exact) mass is 300 g/mol. The van der Waals surface area contributed by atoms with E-state index in [-0.39, 0.29) is 43.7 Å². The predicted molar refractivity (Wildman–Crippen MR) is 75.9 cm³/mol. The van der Waals surface area contributed by atoms with Gasteiger partial charge in [0.2, 0.25) is 17.7 Å². The van der Waals surface area contributed by atoms with Crippen LogP contribution >= 0.6 is 0 Å². The van der Waals surface area contributed by atoms with Crippen LogP contribution in [0.25, 0.3) is 0 Å². The number of nitrogens with zero attached hydrogens (tertiary/aromatic N) is 1. The van der Waals surface area contributed by atoms with Crippen molar-refractivity contribution >= 4 is 17.7 Å². The van der Waals surface area contributed by atoms with Crippen molar-refractivity contribution in [2.45, 2.75) is 45.9 Å². The van der Waals surface area contributed by atoms with Gasteiger partial charge < -0.3 is 10.6 Å². The lowest BCUT2D eigenvalue weighted by atomic mass is 10.3. The lowest BCUT2D eigenvalue weighted by Crippen LogP contribution is -2.84. The van der Waals surface area contributed by atoms with E-state index in [1.807, 2.05) is 0 Å². The minimum absolute atomic E-state index is 0.221. The Hall–Kier alpha value is -1.71. The second kappa shape index (κ2) is 7.91. The van der Waals surface area contributed by atoms with E-state index in [1.54, 1.807) is 20.8 Å². The van der Waals surface area contributed by atoms with Gasteiger partial charge in [0.25, 0.3) is 5.91 Å². The van der Waals surface area contributed by atoms with Crippen LogP contribution in [0.2, 0.25) is 0 Å². The summed E-state index contributed by atoms with van der Waals surface area (Å²) in [6.07, 6.45) is 0.804. The summed E-state index contributed by atoms with van der Waals surface area (Å²) in [6, 6.07) is 0. The maximum atomic E-state index is 11.8. The molecule has 3 amide bonds. The second-order valence-electron chi connectivity index (χ2n) is 4.59. The number of amides is 3. The maximum absolute atomic E-state index is 11.8. The molecule has 0 aliphatic carbocycles. The van der Waals surface area contributed by atoms with E-state index in [9.17, 15) is 14.4 Å². The van der Waals surface area contributed by atoms with Gasteiger partial charge in [-0.05, 0) is 0 Å². The molecule has 1 heterocycles. The highest BCUT2D eigenvalue weighted by molar-refractivity contribution is 5.80. The van der Waals surface area contributed by atoms with Crippen LogP contribution in [0.15, 0.2) is 0 Å². The minimum atomic E-state index is -1.34. The maximum Gasteiger partial charge on any atom is 0.250 e. The summed E-state index contributed by atoms with van der Waals surface area (Å²) in [5, 5.41) is 12.8. The van der Waals surface area contributed by atoms with E-state index in [4.69, 9.17) is 0 Å². The molecule has 0 saturated carbocycles. The van der Waals surface area contributed by atoms with E-state index in [0.717, 1.165) is 0 Å². The first-order valence-electron chi connectivity index (χ1n) is 7.12. The normalized spacial score (nSPS) is 17.9. The van der Waals surface area contributed by atoms with E-state index in [0.29, 0.717) is 6.67 Å². The van der Waals surface area contributed by atoms with Crippen molar-refractivity contribution in [2.75, 3.05) is 13.3 Å². The van der Waals surface area contributed by atoms with Gasteiger partial charge in [0.05, 0.1) is 13.3 Å². The van der Waals surface area contributed by atoms with Gasteiger partial charge in [-0.15, -0.1) is 5.01 Å². The zero-order valence-electron chi connectivity index (χ0n) is 12.7. The summed E-state index contributed by atoms with van der Waals surface area (Å²) in [7, 11) is 0. The van der Waals surface area contributed by atoms with Crippen molar-refractivity contribution in [3.63, 3.8) is 0 Å². The molecule has 9 nitrogen and oxygen atoms in total. The predicted octanol–water partition coefficient (Wildman–Crippen LogP) is -1.50. The zero-order valence-corrected chi connectivity index (χ0v) is 12.7. The third kappa shape index (κ3) is 4.66. The Balaban J connectivity index is 2.99. The van der Waals surface area contributed by atoms with Crippen LogP contribution in [0.4, 0.5) is 0 Å². The first-order valence-corrected chi connectivity index (χ1v) is 7.12. The highest BCUT2D eigenvalue weighted by atomic mass is 16.2. The highest BCUT2D eigenvalue weighted by Crippen LogP contribution is 2.06. The van der Waals surface area contributed by atoms with Crippen LogP contribution in [0, 0.1) is 0 Å². The molecule has 9 heteroatoms. The van der Waals surface area contributed by atoms with E-state index < -0.39 is 5.91 Å². The van der Waals surface area contributed by atoms with Gasteiger partial charge in [-0.3, -0.25) is 25.1 Å². The first kappa shape index (κ1) is 17.3. The molecule has 1 saturated heterocycles. The van der Waals surface area contributed by atoms with Crippen molar-refractivity contribution in [1.29, 1.82) is 0 Å². The smallest absolute Gasteiger partial charge is 0.250 e. The van der Waals surface area contributed by atoms with Crippen LogP contribution in [-0.2, 0) is 14.4 Å². The topological polar surface area (TPSA) is 115 Å². The van der Waals surface area contributed by atoms with Gasteiger partial charge in [0.1, 0.15) is 0 Å². The Kier molecular flexibility index (Phi) is 6.53. The van der Waals surface area contributed by atoms with Crippen molar-refractivity contribution < 1.29 is 14.4 Å². The molecule has 5 N–H and O–H groups in total. The third-order valence-electron chi connectivity index (χ3n) is 3.01. The molecule has 0 aromatic heterocycles. The van der Waals surface area contributed by atoms with Crippen LogP contribution in [-0.4, -0.2) is 42.0 Å². The fourth-order valence-corrected chi connectivity index (χ4v) is 1.76. The van der Waals surface area contributed by atoms with Gasteiger partial charge >= 0.3 is 0 Å². The van der Waals surface area contributed by atoms with E-state index >= 15 is 0 Å². The fourth-order valence-electron chi connectivity index (χ4n) is 1.76. The Labute approximate surface area is 124 Å². The molecule has 1 aliphatic heterocycles. The lowest BCUT2D eigenvalue weighted by Gasteiger charge is -2.47. The number of nitrogens with one attached hydrogen (secondary N) is 5. The lowest BCUT2D eigenvalue weighted by molar-refractivity contribution is -0.152. The minimum Gasteiger partial charge on any atom is -0.306 e. The number of hydrogen-bond donors (Lipinski definition) is 5. The Morgan fingerprint density at radius 1 is 1.00 bits per heavy atom. The van der Waals surface area contributed by atoms with Crippen molar-refractivity contribution in [1.82, 2.24) is 31.7 Å². The zero-order chi connectivity index (χ0) is 15.9. The fraction of sp³-hybridized carbons (Fsp3) is 0.750. The Morgan fingerprint density at radius 2 is 1.52 bits per heavy atom. The molecule has 0 aromatic carbocycles. The van der Waals surface area contributed by atoms with Crippen molar-refractivity contribution in [3.05, 3.63) is 0 Å². The number of carbonyl (C=O) groups excluding carboxylic acids is 3. The van der Waals surface area contributed by atoms with Gasteiger partial charge in [-0.25, -0.2) is 5.32 Å². The largest absolute Gasteiger partial charge is 0.306 e. The highest BCUT2D eigenvalue weighted by Gasteiger charge is 2.42. The molecule has 0 spiro atoms. The Bertz CT molecular complexity index is 382. The molecule has 120 valence electrons. The number of rotatable bonds is 6. The number of hydrazine groups is 1. The molecular weight excluding hydrogens is 276 g/mol. The summed E-state index contributed by atoms with van der Waals surface area (Å²) in [5.41, 5.74) is 2.66. The van der Waals surface area contributed by atoms with Crippen molar-refractivity contribution in [2.24, 2.45) is 0 Å². The molecule has 1 fully saturated rings. The third-order valence-corrected chi connectivity index (χ3v) is 3.01. The van der Waals surface area contributed by atoms with Crippen LogP contribution in [0.3, 0.4) is 0 Å². The summed E-state index contributed by atoms with van der Waals surface area (Å²) < 4.78 is 0. The molecule has 0 aromatic rings. The number of carbonyl (C=O) groups is 3. The second-order valence-corrected chi connectivity index (χ2v) is 4.59. The van der Waals surface area contributed by atoms with Gasteiger partial charge in [-0.1, -0.05) is 20.8 Å². The quantitative estimate of drug-likeness (QED) is 0.382. The van der Waals surface area contributed by atoms with Gasteiger partial charge in [-0.2, -0.15) is 0 Å². The summed E-state index contributed by atoms with van der Waals surface area (Å²) in [6.45, 7) is 5.78. The van der Waals surface area contributed by atoms with Crippen LogP contribution in [0.5, 0.6) is 0 Å². The van der Waals surface area contributed by atoms with E-state index in [1.165, 1.54) is 5.01 Å². The average molecular weight is 300 g/mol. The summed E-state index contributed by atoms with van der Waals surface area (Å²) in [5.74, 6) is -2.06. The van der Waals surface area contributed by atoms with Crippen LogP contribution < -0.4 is 26.7 Å².